The second-order valence-electron chi connectivity index (χ2n) is 8.02. The topological polar surface area (TPSA) is 17.8 Å². The average Bonchev–Trinajstić information content (AvgIpc) is 2.90. The van der Waals surface area contributed by atoms with Crippen molar-refractivity contribution in [2.75, 3.05) is 0 Å². The molecule has 2 nitrogen and oxygen atoms in total. The molecule has 25 heavy (non-hydrogen) atoms. The van der Waals surface area contributed by atoms with Crippen LogP contribution in [0.4, 0.5) is 0 Å². The van der Waals surface area contributed by atoms with Gasteiger partial charge in [-0.05, 0) is 39.9 Å². The van der Waals surface area contributed by atoms with E-state index in [1.807, 2.05) is 0 Å². The van der Waals surface area contributed by atoms with Crippen LogP contribution in [0.25, 0.3) is 21.8 Å². The van der Waals surface area contributed by atoms with Crippen LogP contribution in [0.3, 0.4) is 0 Å². The van der Waals surface area contributed by atoms with Gasteiger partial charge < -0.3 is 4.57 Å². The van der Waals surface area contributed by atoms with Crippen molar-refractivity contribution in [3.63, 3.8) is 0 Å². The van der Waals surface area contributed by atoms with Crippen molar-refractivity contribution in [2.24, 2.45) is 5.41 Å². The fourth-order valence-corrected chi connectivity index (χ4v) is 3.43. The molecule has 1 aromatic heterocycles. The Morgan fingerprint density at radius 2 is 1.56 bits per heavy atom. The smallest absolute Gasteiger partial charge is 0.110 e. The monoisotopic (exact) mass is 328 g/mol. The Kier molecular flexibility index (Phi) is 3.84. The number of para-hydroxylation sites is 2. The molecule has 0 unspecified atom stereocenters. The fraction of sp³-hybridized carbons (Fsp3) is 0.261. The van der Waals surface area contributed by atoms with Gasteiger partial charge >= 0.3 is 0 Å². The van der Waals surface area contributed by atoms with E-state index in [0.29, 0.717) is 0 Å². The molecule has 0 atom stereocenters. The highest BCUT2D eigenvalue weighted by molar-refractivity contribution is 5.83. The number of hydrogen-bond acceptors (Lipinski definition) is 1. The molecule has 1 heterocycles. The normalized spacial score (nSPS) is 12.1. The van der Waals surface area contributed by atoms with Crippen molar-refractivity contribution in [2.45, 2.75) is 33.7 Å². The Hall–Kier alpha value is -2.61. The van der Waals surface area contributed by atoms with E-state index >= 15 is 0 Å². The fourth-order valence-electron chi connectivity index (χ4n) is 3.43. The quantitative estimate of drug-likeness (QED) is 0.463. The zero-order valence-corrected chi connectivity index (χ0v) is 15.2. The third kappa shape index (κ3) is 3.30. The Morgan fingerprint density at radius 3 is 2.36 bits per heavy atom. The van der Waals surface area contributed by atoms with Crippen LogP contribution in [0.1, 0.15) is 32.2 Å². The minimum Gasteiger partial charge on any atom is -0.323 e. The first kappa shape index (κ1) is 15.9. The van der Waals surface area contributed by atoms with Gasteiger partial charge in [0.05, 0.1) is 11.0 Å². The van der Waals surface area contributed by atoms with E-state index < -0.39 is 0 Å². The molecular weight excluding hydrogens is 304 g/mol. The molecule has 0 amide bonds. The van der Waals surface area contributed by atoms with Crippen LogP contribution in [0.2, 0.25) is 0 Å². The summed E-state index contributed by atoms with van der Waals surface area (Å²) in [6.45, 7) is 7.67. The molecule has 0 saturated heterocycles. The summed E-state index contributed by atoms with van der Waals surface area (Å²) >= 11 is 0. The van der Waals surface area contributed by atoms with Gasteiger partial charge in [-0.2, -0.15) is 0 Å². The molecule has 3 aromatic carbocycles. The third-order valence-corrected chi connectivity index (χ3v) is 4.58. The van der Waals surface area contributed by atoms with Crippen molar-refractivity contribution >= 4 is 21.8 Å². The van der Waals surface area contributed by atoms with Gasteiger partial charge in [0.15, 0.2) is 0 Å². The lowest BCUT2D eigenvalue weighted by Crippen LogP contribution is -2.15. The molecule has 0 saturated carbocycles. The summed E-state index contributed by atoms with van der Waals surface area (Å²) in [6.07, 6.45) is 0.968. The maximum atomic E-state index is 4.92. The Morgan fingerprint density at radius 1 is 0.840 bits per heavy atom. The molecule has 0 bridgehead atoms. The Labute approximate surface area is 149 Å². The van der Waals surface area contributed by atoms with E-state index in [9.17, 15) is 0 Å². The average molecular weight is 328 g/mol. The van der Waals surface area contributed by atoms with Crippen LogP contribution in [0.5, 0.6) is 0 Å². The van der Waals surface area contributed by atoms with E-state index in [1.165, 1.54) is 27.7 Å². The summed E-state index contributed by atoms with van der Waals surface area (Å²) in [7, 11) is 0. The molecule has 0 radical (unpaired) electrons. The van der Waals surface area contributed by atoms with Crippen LogP contribution in [0, 0.1) is 5.41 Å². The molecule has 126 valence electrons. The van der Waals surface area contributed by atoms with Crippen molar-refractivity contribution < 1.29 is 0 Å². The number of imidazole rings is 1. The predicted octanol–water partition coefficient (Wildman–Crippen LogP) is 5.83. The highest BCUT2D eigenvalue weighted by Crippen LogP contribution is 2.25. The number of fused-ring (bicyclic) bond motifs is 2. The van der Waals surface area contributed by atoms with Crippen LogP contribution in [-0.2, 0) is 13.0 Å². The first-order chi connectivity index (χ1) is 12.0. The molecule has 0 spiro atoms. The van der Waals surface area contributed by atoms with E-state index in [0.717, 1.165) is 18.5 Å². The summed E-state index contributed by atoms with van der Waals surface area (Å²) in [5.74, 6) is 1.17. The summed E-state index contributed by atoms with van der Waals surface area (Å²) in [4.78, 5) is 4.92. The predicted molar refractivity (Wildman–Crippen MR) is 106 cm³/mol. The van der Waals surface area contributed by atoms with Gasteiger partial charge in [0, 0.05) is 13.0 Å². The number of nitrogens with zero attached hydrogens (tertiary/aromatic N) is 2. The van der Waals surface area contributed by atoms with E-state index in [2.05, 4.69) is 92.1 Å². The number of rotatable bonds is 3. The van der Waals surface area contributed by atoms with E-state index in [4.69, 9.17) is 4.98 Å². The van der Waals surface area contributed by atoms with Crippen LogP contribution in [-0.4, -0.2) is 9.55 Å². The summed E-state index contributed by atoms with van der Waals surface area (Å²) in [5, 5.41) is 2.58. The maximum Gasteiger partial charge on any atom is 0.110 e. The van der Waals surface area contributed by atoms with Gasteiger partial charge in [-0.15, -0.1) is 0 Å². The molecule has 0 aliphatic rings. The molecule has 0 aliphatic carbocycles. The van der Waals surface area contributed by atoms with Gasteiger partial charge in [0.1, 0.15) is 5.82 Å². The van der Waals surface area contributed by atoms with Crippen LogP contribution < -0.4 is 0 Å². The van der Waals surface area contributed by atoms with E-state index in [1.54, 1.807) is 0 Å². The van der Waals surface area contributed by atoms with Crippen LogP contribution >= 0.6 is 0 Å². The molecule has 4 aromatic rings. The summed E-state index contributed by atoms with van der Waals surface area (Å²) in [6, 6.07) is 23.7. The van der Waals surface area contributed by atoms with Crippen molar-refractivity contribution in [1.82, 2.24) is 9.55 Å². The lowest BCUT2D eigenvalue weighted by molar-refractivity contribution is 0.394. The Bertz CT molecular complexity index is 1030. The third-order valence-electron chi connectivity index (χ3n) is 4.58. The van der Waals surface area contributed by atoms with Gasteiger partial charge in [-0.25, -0.2) is 4.98 Å². The summed E-state index contributed by atoms with van der Waals surface area (Å²) in [5.41, 5.74) is 3.83. The lowest BCUT2D eigenvalue weighted by atomic mass is 9.92. The molecule has 0 aliphatic heterocycles. The van der Waals surface area contributed by atoms with E-state index in [-0.39, 0.29) is 5.41 Å². The molecule has 2 heteroatoms. The Balaban J connectivity index is 1.79. The second kappa shape index (κ2) is 6.03. The molecule has 0 N–H and O–H groups in total. The van der Waals surface area contributed by atoms with Crippen molar-refractivity contribution in [1.29, 1.82) is 0 Å². The molecule has 0 fully saturated rings. The first-order valence-electron chi connectivity index (χ1n) is 8.91. The number of aromatic nitrogens is 2. The first-order valence-corrected chi connectivity index (χ1v) is 8.91. The summed E-state index contributed by atoms with van der Waals surface area (Å²) < 4.78 is 2.38. The van der Waals surface area contributed by atoms with Gasteiger partial charge in [-0.3, -0.25) is 0 Å². The SMILES string of the molecule is CC(C)(C)Cc1nc2ccccc2n1Cc1ccc2ccccc2c1. The zero-order chi connectivity index (χ0) is 17.4. The van der Waals surface area contributed by atoms with Crippen LogP contribution in [0.15, 0.2) is 66.7 Å². The minimum atomic E-state index is 0.211. The van der Waals surface area contributed by atoms with Gasteiger partial charge in [0.25, 0.3) is 0 Å². The highest BCUT2D eigenvalue weighted by Gasteiger charge is 2.18. The largest absolute Gasteiger partial charge is 0.323 e. The number of hydrogen-bond donors (Lipinski definition) is 0. The van der Waals surface area contributed by atoms with Gasteiger partial charge in [-0.1, -0.05) is 69.3 Å². The lowest BCUT2D eigenvalue weighted by Gasteiger charge is -2.19. The van der Waals surface area contributed by atoms with Crippen molar-refractivity contribution in [3.8, 4) is 0 Å². The zero-order valence-electron chi connectivity index (χ0n) is 15.2. The standard InChI is InChI=1S/C23H24N2/c1-23(2,3)15-22-24-20-10-6-7-11-21(20)25(22)16-17-12-13-18-8-4-5-9-19(18)14-17/h4-14H,15-16H2,1-3H3. The maximum absolute atomic E-state index is 4.92. The molecule has 4 rings (SSSR count). The number of benzene rings is 3. The second-order valence-corrected chi connectivity index (χ2v) is 8.02. The molecular formula is C23H24N2. The highest BCUT2D eigenvalue weighted by atomic mass is 15.1. The van der Waals surface area contributed by atoms with Gasteiger partial charge in [0.2, 0.25) is 0 Å². The minimum absolute atomic E-state index is 0.211. The van der Waals surface area contributed by atoms with Crippen molar-refractivity contribution in [3.05, 3.63) is 78.1 Å².